The van der Waals surface area contributed by atoms with Crippen molar-refractivity contribution in [3.63, 3.8) is 0 Å². The van der Waals surface area contributed by atoms with Crippen LogP contribution in [0.1, 0.15) is 52.4 Å². The first-order valence-corrected chi connectivity index (χ1v) is 12.9. The smallest absolute Gasteiger partial charge is 0.255 e. The number of piperidine rings is 1. The Kier molecular flexibility index (Phi) is 7.34. The van der Waals surface area contributed by atoms with E-state index in [-0.39, 0.29) is 10.5 Å². The van der Waals surface area contributed by atoms with Gasteiger partial charge in [-0.25, -0.2) is 8.42 Å². The monoisotopic (exact) mass is 478 g/mol. The number of sulfonamides is 1. The summed E-state index contributed by atoms with van der Waals surface area (Å²) in [4.78, 5) is 13.6. The van der Waals surface area contributed by atoms with Gasteiger partial charge in [-0.05, 0) is 49.1 Å². The van der Waals surface area contributed by atoms with Crippen molar-refractivity contribution in [1.29, 1.82) is 0 Å². The van der Waals surface area contributed by atoms with E-state index in [0.717, 1.165) is 36.0 Å². The van der Waals surface area contributed by atoms with Gasteiger partial charge in [0.15, 0.2) is 0 Å². The summed E-state index contributed by atoms with van der Waals surface area (Å²) in [5.74, 6) is -0.0761. The van der Waals surface area contributed by atoms with Crippen LogP contribution in [0.4, 0.5) is 0 Å². The van der Waals surface area contributed by atoms with Crippen LogP contribution in [-0.4, -0.2) is 38.8 Å². The fourth-order valence-corrected chi connectivity index (χ4v) is 5.80. The highest BCUT2D eigenvalue weighted by atomic mass is 32.2. The number of carbonyl (C=O) groups excluding carboxylic acids is 1. The van der Waals surface area contributed by atoms with Crippen LogP contribution in [0, 0.1) is 6.92 Å². The highest BCUT2D eigenvalue weighted by molar-refractivity contribution is 7.89. The van der Waals surface area contributed by atoms with E-state index in [1.807, 2.05) is 61.5 Å². The Morgan fingerprint density at radius 3 is 2.21 bits per heavy atom. The number of ether oxygens (including phenoxy) is 1. The fraction of sp³-hybridized carbons (Fsp3) is 0.296. The number of benzene rings is 3. The van der Waals surface area contributed by atoms with Gasteiger partial charge in [-0.15, -0.1) is 0 Å². The van der Waals surface area contributed by atoms with Crippen LogP contribution in [0.3, 0.4) is 0 Å². The second-order valence-electron chi connectivity index (χ2n) is 8.55. The Balaban J connectivity index is 1.69. The Hall–Kier alpha value is -3.16. The molecule has 1 aliphatic heterocycles. The third kappa shape index (κ3) is 5.16. The van der Waals surface area contributed by atoms with Crippen molar-refractivity contribution in [3.8, 4) is 5.75 Å². The molecule has 6 nitrogen and oxygen atoms in total. The van der Waals surface area contributed by atoms with Gasteiger partial charge in [0, 0.05) is 13.1 Å². The lowest BCUT2D eigenvalue weighted by Crippen LogP contribution is -2.36. The lowest BCUT2D eigenvalue weighted by molar-refractivity contribution is 0.0939. The van der Waals surface area contributed by atoms with E-state index < -0.39 is 22.0 Å². The minimum atomic E-state index is -3.68. The first-order chi connectivity index (χ1) is 16.4. The molecular formula is C27H30N2O4S. The van der Waals surface area contributed by atoms with Gasteiger partial charge >= 0.3 is 0 Å². The zero-order chi connectivity index (χ0) is 24.1. The molecule has 34 heavy (non-hydrogen) atoms. The van der Waals surface area contributed by atoms with Gasteiger partial charge in [0.05, 0.1) is 23.6 Å². The molecule has 1 heterocycles. The number of rotatable bonds is 7. The van der Waals surface area contributed by atoms with Gasteiger partial charge in [0.2, 0.25) is 10.0 Å². The molecule has 0 saturated carbocycles. The Labute approximate surface area is 201 Å². The SMILES string of the molecule is COc1ccc(S(=O)(=O)N2CCCCC2)cc1C(=O)N[C@@H](c1ccccc1)c1ccc(C)cc1. The minimum Gasteiger partial charge on any atom is -0.496 e. The number of aryl methyl sites for hydroxylation is 1. The first kappa shape index (κ1) is 24.0. The summed E-state index contributed by atoms with van der Waals surface area (Å²) < 4.78 is 33.3. The number of hydrogen-bond acceptors (Lipinski definition) is 4. The molecule has 0 unspecified atom stereocenters. The van der Waals surface area contributed by atoms with Crippen LogP contribution >= 0.6 is 0 Å². The van der Waals surface area contributed by atoms with Gasteiger partial charge in [0.1, 0.15) is 5.75 Å². The maximum atomic E-state index is 13.5. The van der Waals surface area contributed by atoms with E-state index >= 15 is 0 Å². The van der Waals surface area contributed by atoms with Gasteiger partial charge in [-0.3, -0.25) is 4.79 Å². The number of methoxy groups -OCH3 is 1. The average molecular weight is 479 g/mol. The first-order valence-electron chi connectivity index (χ1n) is 11.5. The summed E-state index contributed by atoms with van der Waals surface area (Å²) in [6.45, 7) is 3.01. The molecule has 1 atom stereocenters. The van der Waals surface area contributed by atoms with Crippen molar-refractivity contribution in [2.45, 2.75) is 37.1 Å². The summed E-state index contributed by atoms with van der Waals surface area (Å²) in [5.41, 5.74) is 3.17. The number of nitrogens with one attached hydrogen (secondary N) is 1. The molecule has 3 aromatic carbocycles. The van der Waals surface area contributed by atoms with E-state index in [4.69, 9.17) is 4.74 Å². The topological polar surface area (TPSA) is 75.7 Å². The molecule has 0 bridgehead atoms. The third-order valence-corrected chi connectivity index (χ3v) is 8.08. The van der Waals surface area contributed by atoms with Gasteiger partial charge in [0.25, 0.3) is 5.91 Å². The quantitative estimate of drug-likeness (QED) is 0.534. The van der Waals surface area contributed by atoms with E-state index in [0.29, 0.717) is 18.8 Å². The van der Waals surface area contributed by atoms with Crippen LogP contribution < -0.4 is 10.1 Å². The molecule has 1 N–H and O–H groups in total. The predicted molar refractivity (Wildman–Crippen MR) is 133 cm³/mol. The molecule has 0 spiro atoms. The molecule has 0 radical (unpaired) electrons. The van der Waals surface area contributed by atoms with Gasteiger partial charge < -0.3 is 10.1 Å². The number of hydrogen-bond donors (Lipinski definition) is 1. The molecule has 4 rings (SSSR count). The number of nitrogens with zero attached hydrogens (tertiary/aromatic N) is 1. The van der Waals surface area contributed by atoms with Crippen molar-refractivity contribution >= 4 is 15.9 Å². The molecule has 0 aliphatic carbocycles. The van der Waals surface area contributed by atoms with Gasteiger partial charge in [-0.2, -0.15) is 4.31 Å². The summed E-state index contributed by atoms with van der Waals surface area (Å²) >= 11 is 0. The van der Waals surface area contributed by atoms with Crippen molar-refractivity contribution in [1.82, 2.24) is 9.62 Å². The van der Waals surface area contributed by atoms with Crippen molar-refractivity contribution < 1.29 is 17.9 Å². The zero-order valence-corrected chi connectivity index (χ0v) is 20.3. The highest BCUT2D eigenvalue weighted by Gasteiger charge is 2.28. The van der Waals surface area contributed by atoms with Crippen LogP contribution in [0.25, 0.3) is 0 Å². The zero-order valence-electron chi connectivity index (χ0n) is 19.5. The van der Waals surface area contributed by atoms with Crippen LogP contribution in [-0.2, 0) is 10.0 Å². The lowest BCUT2D eigenvalue weighted by atomic mass is 9.97. The Morgan fingerprint density at radius 1 is 0.912 bits per heavy atom. The standard InChI is InChI=1S/C27H30N2O4S/c1-20-11-13-22(14-12-20)26(21-9-5-3-6-10-21)28-27(30)24-19-23(15-16-25(24)33-2)34(31,32)29-17-7-4-8-18-29/h3,5-6,9-16,19,26H,4,7-8,17-18H2,1-2H3,(H,28,30)/t26-/m0/s1. The number of amides is 1. The van der Waals surface area contributed by atoms with Crippen LogP contribution in [0.5, 0.6) is 5.75 Å². The molecule has 178 valence electrons. The Bertz CT molecular complexity index is 1240. The summed E-state index contributed by atoms with van der Waals surface area (Å²) in [7, 11) is -2.21. The molecule has 1 fully saturated rings. The summed E-state index contributed by atoms with van der Waals surface area (Å²) in [5, 5.41) is 3.09. The predicted octanol–water partition coefficient (Wildman–Crippen LogP) is 4.70. The van der Waals surface area contributed by atoms with Gasteiger partial charge in [-0.1, -0.05) is 66.6 Å². The van der Waals surface area contributed by atoms with Crippen LogP contribution in [0.2, 0.25) is 0 Å². The lowest BCUT2D eigenvalue weighted by Gasteiger charge is -2.26. The second-order valence-corrected chi connectivity index (χ2v) is 10.5. The maximum absolute atomic E-state index is 13.5. The summed E-state index contributed by atoms with van der Waals surface area (Å²) in [6, 6.07) is 21.8. The van der Waals surface area contributed by atoms with E-state index in [1.54, 1.807) is 6.07 Å². The van der Waals surface area contributed by atoms with E-state index in [9.17, 15) is 13.2 Å². The largest absolute Gasteiger partial charge is 0.496 e. The normalized spacial score (nSPS) is 15.5. The van der Waals surface area contributed by atoms with Crippen molar-refractivity contribution in [3.05, 3.63) is 95.1 Å². The molecule has 7 heteroatoms. The van der Waals surface area contributed by atoms with E-state index in [2.05, 4.69) is 5.32 Å². The maximum Gasteiger partial charge on any atom is 0.255 e. The molecule has 1 saturated heterocycles. The molecule has 3 aromatic rings. The molecular weight excluding hydrogens is 448 g/mol. The molecule has 1 aliphatic rings. The van der Waals surface area contributed by atoms with Crippen molar-refractivity contribution in [2.75, 3.05) is 20.2 Å². The Morgan fingerprint density at radius 2 is 1.56 bits per heavy atom. The van der Waals surface area contributed by atoms with Crippen molar-refractivity contribution in [2.24, 2.45) is 0 Å². The van der Waals surface area contributed by atoms with E-state index in [1.165, 1.54) is 23.5 Å². The average Bonchev–Trinajstić information content (AvgIpc) is 2.88. The molecule has 0 aromatic heterocycles. The fourth-order valence-electron chi connectivity index (χ4n) is 4.25. The molecule has 1 amide bonds. The summed E-state index contributed by atoms with van der Waals surface area (Å²) in [6.07, 6.45) is 2.72. The highest BCUT2D eigenvalue weighted by Crippen LogP contribution is 2.28. The third-order valence-electron chi connectivity index (χ3n) is 6.19. The number of carbonyl (C=O) groups is 1. The van der Waals surface area contributed by atoms with Crippen LogP contribution in [0.15, 0.2) is 77.7 Å². The minimum absolute atomic E-state index is 0.104. The second kappa shape index (κ2) is 10.4.